The van der Waals surface area contributed by atoms with Crippen LogP contribution < -0.4 is 70.4 Å². The van der Waals surface area contributed by atoms with E-state index in [9.17, 15) is 91.7 Å². The quantitative estimate of drug-likeness (QED) is 0.0192. The van der Waals surface area contributed by atoms with Gasteiger partial charge in [-0.05, 0) is 151 Å². The maximum Gasteiger partial charge on any atom is 0.312 e. The van der Waals surface area contributed by atoms with Crippen LogP contribution in [0.4, 0.5) is 20.1 Å². The van der Waals surface area contributed by atoms with Gasteiger partial charge in [0, 0.05) is 92.1 Å². The van der Waals surface area contributed by atoms with Crippen molar-refractivity contribution < 1.29 is 102 Å². The molecule has 668 valence electrons. The number of aliphatic hydroxyl groups is 2. The van der Waals surface area contributed by atoms with Crippen molar-refractivity contribution in [1.82, 2.24) is 62.6 Å². The van der Waals surface area contributed by atoms with Crippen LogP contribution >= 0.6 is 47.0 Å². The second-order valence-electron chi connectivity index (χ2n) is 29.2. The Morgan fingerprint density at radius 2 is 0.932 bits per heavy atom. The fourth-order valence-corrected chi connectivity index (χ4v) is 14.4. The van der Waals surface area contributed by atoms with Gasteiger partial charge in [0.1, 0.15) is 32.6 Å². The molecule has 0 aliphatic carbocycles. The first kappa shape index (κ1) is 100. The normalized spacial score (nSPS) is 17.5. The number of aliphatic hydroxyl groups excluding tert-OH is 2. The number of rotatable bonds is 54. The first-order valence-corrected chi connectivity index (χ1v) is 44.9. The summed E-state index contributed by atoms with van der Waals surface area (Å²) in [7, 11) is 0. The van der Waals surface area contributed by atoms with E-state index in [-0.39, 0.29) is 158 Å². The first-order valence-electron chi connectivity index (χ1n) is 42.0. The van der Waals surface area contributed by atoms with E-state index < -0.39 is 98.1 Å². The van der Waals surface area contributed by atoms with Crippen LogP contribution in [0.25, 0.3) is 0 Å². The molecule has 0 saturated carbocycles. The summed E-state index contributed by atoms with van der Waals surface area (Å²) in [5, 5.41) is 47.5. The SMILES string of the molecule is [2H]C(=O)CCCCCN1C(=O)CC(SC)C1=O.[2H]C(=O)OCc1ccc(NC(O)[C@H](CCCNC(N)=O)NC(=O)[C@@H](NC(=O)CCCCCN2C(=O)CC(SC)C2=O)C(C)C)cc1.[2H]CC(=O)[C@H](CCCNC(N)=O)NC(=O)[C@@H](NCSC)C(C)C.[2H]CC(O)[C@H](CCCNC(N)=O)NC(=O)[C@@H](NC(=O)CCCCCN1C(=O)CC(SC)C1=O)C(C)C. The van der Waals surface area contributed by atoms with Crippen molar-refractivity contribution in [3.63, 3.8) is 0 Å². The number of likely N-dealkylation sites (tertiary alicyclic amines) is 3. The minimum Gasteiger partial charge on any atom is -0.463 e. The molecule has 4 rings (SSSR count). The van der Waals surface area contributed by atoms with Crippen LogP contribution in [-0.4, -0.2) is 261 Å². The molecule has 0 bridgehead atoms. The molecule has 5 unspecified atom stereocenters. The third kappa shape index (κ3) is 43.6. The number of amides is 17. The Labute approximate surface area is 716 Å². The number of ether oxygens (including phenoxy) is 1. The number of Topliss-reactive ketones (excluding diaryl/α,β-unsaturated/α-hetero) is 1. The van der Waals surface area contributed by atoms with Crippen molar-refractivity contribution in [1.29, 1.82) is 0 Å². The first-order chi connectivity index (χ1) is 57.7. The van der Waals surface area contributed by atoms with Crippen molar-refractivity contribution in [2.45, 2.75) is 261 Å². The lowest BCUT2D eigenvalue weighted by molar-refractivity contribution is -0.139. The molecule has 36 nitrogen and oxygen atoms in total. The van der Waals surface area contributed by atoms with E-state index in [4.69, 9.17) is 22.7 Å². The summed E-state index contributed by atoms with van der Waals surface area (Å²) >= 11 is 5.73. The number of anilines is 1. The molecule has 11 atom stereocenters. The van der Waals surface area contributed by atoms with Crippen LogP contribution in [-0.2, 0) is 78.5 Å². The standard InChI is InChI=1S/C30H46N6O8S.C23H41N5O6S.C14H28N4O3S.C11H17NO3S/c1-19(2)26(35-24(38)9-5-4-6-15-36-25(39)16-23(45-3)29(36)42)28(41)34-22(8-7-14-32-30(31)43)27(40)33-21-12-10-20(11-13-21)17-44-18-37;1-14(2)20(21(32)26-16(15(3)29)9-8-11-25-23(24)34)27-18(30)10-6-5-7-12-28-19(31)13-17(35-4)22(28)33;1-9(2)12(17-8-22-4)13(20)18-11(10(3)19)6-5-7-16-14(15)21;1-16-9-8-10(14)12(11(9)15)6-4-2-3-5-7-13/h10-13,18-19,22-23,26-27,33,40H,4-9,14-17H2,1-3H3,(H,34,41)(H,35,38)(H3,31,32,43);14-17,20,29H,5-13H2,1-4H3,(H,26,32)(H,27,30)(H3,24,25,34);9,11-12,17H,5-8H2,1-4H3,(H,18,20)(H3,15,16,21);7,9H,2-6,8H2,1H3/t22-,23?,26-,27?;15?,16-,17?,20-;11-,12-;/m000./s1/i18D;2*3D;7D. The number of ketones is 1. The van der Waals surface area contributed by atoms with Gasteiger partial charge in [0.25, 0.3) is 6.45 Å². The summed E-state index contributed by atoms with van der Waals surface area (Å²) in [6.45, 7) is 12.2. The Kier molecular flexibility index (Phi) is 51.9. The number of hydrogen-bond donors (Lipinski definition) is 15. The predicted octanol–water partition coefficient (Wildman–Crippen LogP) is 3.39. The molecule has 0 radical (unpaired) electrons. The third-order valence-electron chi connectivity index (χ3n) is 18.8. The number of carbonyl (C=O) groups is 17. The second kappa shape index (κ2) is 61.1. The largest absolute Gasteiger partial charge is 0.463 e. The smallest absolute Gasteiger partial charge is 0.312 e. The summed E-state index contributed by atoms with van der Waals surface area (Å²) in [5.74, 6) is -2.71. The molecule has 3 aliphatic heterocycles. The van der Waals surface area contributed by atoms with E-state index in [2.05, 4.69) is 57.9 Å². The molecule has 0 spiro atoms. The summed E-state index contributed by atoms with van der Waals surface area (Å²) in [6, 6.07) is 0.275. The van der Waals surface area contributed by atoms with Crippen LogP contribution in [0.15, 0.2) is 24.3 Å². The zero-order valence-electron chi connectivity index (χ0n) is 73.8. The molecule has 40 heteroatoms. The second-order valence-corrected chi connectivity index (χ2v) is 33.2. The minimum absolute atomic E-state index is 0.0711. The lowest BCUT2D eigenvalue weighted by Crippen LogP contribution is -2.55. The van der Waals surface area contributed by atoms with Gasteiger partial charge in [0.15, 0.2) is 7.15 Å². The molecule has 3 aliphatic rings. The number of unbranched alkanes of at least 4 members (excludes halogenated alkanes) is 6. The summed E-state index contributed by atoms with van der Waals surface area (Å²) in [5.41, 5.74) is 16.3. The highest BCUT2D eigenvalue weighted by atomic mass is 32.2. The Bertz CT molecular complexity index is 3520. The van der Waals surface area contributed by atoms with E-state index >= 15 is 0 Å². The fourth-order valence-electron chi connectivity index (χ4n) is 12.1. The van der Waals surface area contributed by atoms with E-state index in [1.807, 2.05) is 32.6 Å². The van der Waals surface area contributed by atoms with Gasteiger partial charge in [-0.15, -0.1) is 11.8 Å². The van der Waals surface area contributed by atoms with Gasteiger partial charge < -0.3 is 84.8 Å². The zero-order valence-corrected chi connectivity index (χ0v) is 73.0. The van der Waals surface area contributed by atoms with Gasteiger partial charge >= 0.3 is 18.1 Å². The highest BCUT2D eigenvalue weighted by molar-refractivity contribution is 8.00. The highest BCUT2D eigenvalue weighted by Gasteiger charge is 2.40. The van der Waals surface area contributed by atoms with Crippen molar-refractivity contribution in [2.24, 2.45) is 35.0 Å². The maximum atomic E-state index is 13.4. The average molecular weight is 1750 g/mol. The molecule has 1 aromatic rings. The molecule has 1 aromatic carbocycles. The van der Waals surface area contributed by atoms with Gasteiger partial charge in [-0.3, -0.25) is 82.3 Å². The Hall–Kier alpha value is -8.31. The molecule has 118 heavy (non-hydrogen) atoms. The summed E-state index contributed by atoms with van der Waals surface area (Å²) in [6.07, 6.45) is 12.7. The predicted molar refractivity (Wildman–Crippen MR) is 457 cm³/mol. The van der Waals surface area contributed by atoms with Crippen LogP contribution in [0.5, 0.6) is 0 Å². The van der Waals surface area contributed by atoms with Gasteiger partial charge in [-0.25, -0.2) is 14.4 Å². The van der Waals surface area contributed by atoms with Crippen molar-refractivity contribution >= 4 is 154 Å². The van der Waals surface area contributed by atoms with E-state index in [0.29, 0.717) is 133 Å². The molecule has 0 aromatic heterocycles. The zero-order chi connectivity index (χ0) is 92.1. The molecular weight excluding hydrogens is 1610 g/mol. The number of thioether (sulfide) groups is 4. The monoisotopic (exact) mass is 1740 g/mol. The van der Waals surface area contributed by atoms with E-state index in [1.54, 1.807) is 70.0 Å². The fraction of sp³-hybridized carbons (Fsp3) is 0.705. The summed E-state index contributed by atoms with van der Waals surface area (Å²) in [4.78, 5) is 205. The van der Waals surface area contributed by atoms with Crippen LogP contribution in [0.3, 0.4) is 0 Å². The molecule has 3 heterocycles. The van der Waals surface area contributed by atoms with Crippen molar-refractivity contribution in [2.75, 3.05) is 75.5 Å². The molecule has 17 amide bonds. The van der Waals surface area contributed by atoms with E-state index in [0.717, 1.165) is 6.42 Å². The average Bonchev–Trinajstić information content (AvgIpc) is 1.70. The number of nitrogens with one attached hydrogen (secondary N) is 10. The van der Waals surface area contributed by atoms with Gasteiger partial charge in [0.05, 0.1) is 46.0 Å². The lowest BCUT2D eigenvalue weighted by atomic mass is 10.0. The lowest BCUT2D eigenvalue weighted by Gasteiger charge is -2.29. The number of urea groups is 3. The van der Waals surface area contributed by atoms with Gasteiger partial charge in [0.2, 0.25) is 65.0 Å². The van der Waals surface area contributed by atoms with Crippen LogP contribution in [0.2, 0.25) is 0 Å². The van der Waals surface area contributed by atoms with Crippen LogP contribution in [0.1, 0.15) is 201 Å². The van der Waals surface area contributed by atoms with Crippen molar-refractivity contribution in [3.05, 3.63) is 29.8 Å². The number of aldehydes is 1. The Morgan fingerprint density at radius 3 is 1.30 bits per heavy atom. The number of nitrogens with two attached hydrogens (primary N) is 3. The number of benzene rings is 1. The Balaban J connectivity index is 0.000000867. The minimum atomic E-state index is -1.25. The van der Waals surface area contributed by atoms with Gasteiger partial charge in [-0.1, -0.05) is 72.9 Å². The van der Waals surface area contributed by atoms with Crippen molar-refractivity contribution in [3.8, 4) is 0 Å². The Morgan fingerprint density at radius 1 is 0.534 bits per heavy atom. The molecular formula is C78H132N16O20S4. The van der Waals surface area contributed by atoms with Crippen LogP contribution in [0, 0.1) is 17.8 Å². The van der Waals surface area contributed by atoms with Gasteiger partial charge in [-0.2, -0.15) is 35.3 Å². The van der Waals surface area contributed by atoms with E-state index in [1.165, 1.54) is 50.0 Å². The highest BCUT2D eigenvalue weighted by Crippen LogP contribution is 2.27. The number of hydrogen-bond acceptors (Lipinski definition) is 26. The number of nitrogens with zero attached hydrogens (tertiary/aromatic N) is 3. The number of carbonyl (C=O) groups excluding carboxylic acids is 17. The summed E-state index contributed by atoms with van der Waals surface area (Å²) < 4.78 is 32.9. The molecule has 3 fully saturated rings. The maximum absolute atomic E-state index is 13.4. The third-order valence-corrected chi connectivity index (χ3v) is 22.1. The number of imide groups is 3. The number of primary amides is 3. The molecule has 18 N–H and O–H groups in total. The molecule has 3 saturated heterocycles. The topological polar surface area (TPSA) is 548 Å².